The smallest absolute Gasteiger partial charge is 0.0722 e. The first-order valence-corrected chi connectivity index (χ1v) is 22.8. The van der Waals surface area contributed by atoms with E-state index < -0.39 is 0 Å². The highest BCUT2D eigenvalue weighted by atomic mass is 14.5. The molecule has 1 spiro atoms. The van der Waals surface area contributed by atoms with Gasteiger partial charge in [0.2, 0.25) is 0 Å². The Kier molecular flexibility index (Phi) is 9.24. The minimum atomic E-state index is -0.180. The third-order valence-corrected chi connectivity index (χ3v) is 14.9. The zero-order valence-corrected chi connectivity index (χ0v) is 38.4. The second-order valence-electron chi connectivity index (χ2n) is 20.6. The lowest BCUT2D eigenvalue weighted by Crippen LogP contribution is -2.27. The Morgan fingerprint density at radius 3 is 1.52 bits per heavy atom. The molecule has 0 aliphatic heterocycles. The van der Waals surface area contributed by atoms with Crippen LogP contribution in [0.5, 0.6) is 0 Å². The predicted octanol–water partition coefficient (Wildman–Crippen LogP) is 16.3. The summed E-state index contributed by atoms with van der Waals surface area (Å²) < 4.78 is 0. The second kappa shape index (κ2) is 14.3. The van der Waals surface area contributed by atoms with Gasteiger partial charge in [0.25, 0.3) is 0 Å². The minimum absolute atomic E-state index is 0.123. The van der Waals surface area contributed by atoms with E-state index in [-0.39, 0.29) is 21.7 Å². The summed E-state index contributed by atoms with van der Waals surface area (Å²) in [4.78, 5) is 0. The summed E-state index contributed by atoms with van der Waals surface area (Å²) in [5.74, 6) is 0. The molecular formula is C62H60. The average molecular weight is 805 g/mol. The van der Waals surface area contributed by atoms with Crippen LogP contribution in [0, 0.1) is 20.8 Å². The Balaban J connectivity index is 0.000000121. The minimum Gasteiger partial charge on any atom is -0.0839 e. The fraction of sp³-hybridized carbons (Fsp3) is 0.258. The molecule has 7 aromatic carbocycles. The Hall–Kier alpha value is -5.98. The first-order valence-electron chi connectivity index (χ1n) is 22.8. The van der Waals surface area contributed by atoms with E-state index in [9.17, 15) is 0 Å². The maximum absolute atomic E-state index is 2.52. The van der Waals surface area contributed by atoms with Gasteiger partial charge in [0, 0.05) is 10.8 Å². The van der Waals surface area contributed by atoms with Crippen molar-refractivity contribution in [3.05, 3.63) is 230 Å². The van der Waals surface area contributed by atoms with E-state index >= 15 is 0 Å². The lowest BCUT2D eigenvalue weighted by Gasteiger charge is -2.33. The fourth-order valence-corrected chi connectivity index (χ4v) is 11.8. The van der Waals surface area contributed by atoms with Gasteiger partial charge in [-0.25, -0.2) is 0 Å². The van der Waals surface area contributed by atoms with Gasteiger partial charge in [-0.15, -0.1) is 0 Å². The van der Waals surface area contributed by atoms with Crippen molar-refractivity contribution in [3.8, 4) is 33.4 Å². The molecule has 0 bridgehead atoms. The zero-order valence-electron chi connectivity index (χ0n) is 38.4. The number of hydrogen-bond donors (Lipinski definition) is 0. The van der Waals surface area contributed by atoms with Crippen molar-refractivity contribution in [2.24, 2.45) is 0 Å². The highest BCUT2D eigenvalue weighted by Crippen LogP contribution is 2.64. The molecule has 0 heteroatoms. The summed E-state index contributed by atoms with van der Waals surface area (Å²) in [7, 11) is 0. The van der Waals surface area contributed by atoms with Crippen molar-refractivity contribution < 1.29 is 0 Å². The van der Waals surface area contributed by atoms with E-state index in [1.54, 1.807) is 5.57 Å². The van der Waals surface area contributed by atoms with Gasteiger partial charge in [0.1, 0.15) is 0 Å². The average Bonchev–Trinajstić information content (AvgIpc) is 3.89. The van der Waals surface area contributed by atoms with Gasteiger partial charge in [0.05, 0.1) is 5.41 Å². The van der Waals surface area contributed by atoms with Crippen molar-refractivity contribution in [2.75, 3.05) is 0 Å². The van der Waals surface area contributed by atoms with Gasteiger partial charge < -0.3 is 0 Å². The van der Waals surface area contributed by atoms with E-state index in [1.807, 2.05) is 0 Å². The Labute approximate surface area is 371 Å². The Morgan fingerprint density at radius 2 is 0.935 bits per heavy atom. The fourth-order valence-electron chi connectivity index (χ4n) is 11.8. The first-order chi connectivity index (χ1) is 29.6. The summed E-state index contributed by atoms with van der Waals surface area (Å²) in [5, 5.41) is 0. The van der Waals surface area contributed by atoms with E-state index in [2.05, 4.69) is 227 Å². The van der Waals surface area contributed by atoms with Crippen molar-refractivity contribution in [1.29, 1.82) is 0 Å². The van der Waals surface area contributed by atoms with E-state index in [4.69, 9.17) is 0 Å². The van der Waals surface area contributed by atoms with Crippen LogP contribution in [-0.2, 0) is 21.7 Å². The molecule has 1 atom stereocenters. The number of fused-ring (bicyclic) bond motifs is 15. The zero-order chi connectivity index (χ0) is 43.3. The third kappa shape index (κ3) is 5.86. The standard InChI is InChI=1S/C30H28.2C16H16/c1-19-10-9-15-26-28(19)23-17-16-20(29(2,3)4)18-27(23)30(26)24-13-7-5-11-21(24)22-12-6-8-14-25(22)30;2*1-11-8-9-13-12-6-4-5-7-14(12)16(2,3)15(13)10-11/h5,7-11,13-18H,6,12H2,1-4H3;2*4-10H,1-3H3. The van der Waals surface area contributed by atoms with Gasteiger partial charge in [-0.3, -0.25) is 0 Å². The Morgan fingerprint density at radius 1 is 0.435 bits per heavy atom. The van der Waals surface area contributed by atoms with Crippen LogP contribution >= 0.6 is 0 Å². The van der Waals surface area contributed by atoms with Gasteiger partial charge >= 0.3 is 0 Å². The monoisotopic (exact) mass is 804 g/mol. The number of benzene rings is 7. The SMILES string of the molecule is Cc1ccc2c(c1)C(C)(C)c1ccccc1-2.Cc1ccc2c(c1)C(C)(C)c1ccccc1-2.Cc1cccc2c1-c1ccc(C(C)(C)C)cc1C21C2=C(CCC=C2)c2ccccc21. The van der Waals surface area contributed by atoms with Crippen molar-refractivity contribution in [2.45, 2.75) is 104 Å². The molecule has 0 aromatic heterocycles. The van der Waals surface area contributed by atoms with Gasteiger partial charge in [-0.1, -0.05) is 217 Å². The lowest BCUT2D eigenvalue weighted by molar-refractivity contribution is 0.588. The molecule has 7 aromatic rings. The number of hydrogen-bond acceptors (Lipinski definition) is 0. The van der Waals surface area contributed by atoms with Crippen LogP contribution in [-0.4, -0.2) is 0 Å². The van der Waals surface area contributed by atoms with Crippen molar-refractivity contribution >= 4 is 5.57 Å². The number of allylic oxidation sites excluding steroid dienone is 4. The molecule has 62 heavy (non-hydrogen) atoms. The van der Waals surface area contributed by atoms with Crippen LogP contribution in [0.25, 0.3) is 39.0 Å². The van der Waals surface area contributed by atoms with Crippen LogP contribution in [0.3, 0.4) is 0 Å². The van der Waals surface area contributed by atoms with Crippen LogP contribution in [0.2, 0.25) is 0 Å². The third-order valence-electron chi connectivity index (χ3n) is 14.9. The highest BCUT2D eigenvalue weighted by Gasteiger charge is 2.53. The van der Waals surface area contributed by atoms with Gasteiger partial charge in [-0.2, -0.15) is 0 Å². The quantitative estimate of drug-likeness (QED) is 0.143. The van der Waals surface area contributed by atoms with Gasteiger partial charge in [0.15, 0.2) is 0 Å². The van der Waals surface area contributed by atoms with Crippen molar-refractivity contribution in [3.63, 3.8) is 0 Å². The van der Waals surface area contributed by atoms with E-state index in [1.165, 1.54) is 106 Å². The molecule has 5 aliphatic rings. The summed E-state index contributed by atoms with van der Waals surface area (Å²) in [5.41, 5.74) is 29.0. The maximum Gasteiger partial charge on any atom is 0.0722 e. The molecule has 0 fully saturated rings. The number of rotatable bonds is 0. The van der Waals surface area contributed by atoms with Crippen LogP contribution in [0.1, 0.15) is 128 Å². The topological polar surface area (TPSA) is 0 Å². The van der Waals surface area contributed by atoms with Gasteiger partial charge in [-0.05, 0) is 139 Å². The van der Waals surface area contributed by atoms with Crippen LogP contribution in [0.15, 0.2) is 163 Å². The molecule has 0 radical (unpaired) electrons. The summed E-state index contributed by atoms with van der Waals surface area (Å²) in [6.07, 6.45) is 7.09. The molecule has 0 N–H and O–H groups in total. The molecule has 1 unspecified atom stereocenters. The van der Waals surface area contributed by atoms with Crippen molar-refractivity contribution in [1.82, 2.24) is 0 Å². The normalized spacial score (nSPS) is 18.2. The highest BCUT2D eigenvalue weighted by molar-refractivity contribution is 5.97. The maximum atomic E-state index is 2.52. The first kappa shape index (κ1) is 40.1. The summed E-state index contributed by atoms with van der Waals surface area (Å²) in [6, 6.07) is 54.4. The number of aryl methyl sites for hydroxylation is 3. The molecular weight excluding hydrogens is 745 g/mol. The summed E-state index contributed by atoms with van der Waals surface area (Å²) >= 11 is 0. The molecule has 308 valence electrons. The molecule has 0 saturated carbocycles. The van der Waals surface area contributed by atoms with Crippen LogP contribution in [0.4, 0.5) is 0 Å². The molecule has 12 rings (SSSR count). The van der Waals surface area contributed by atoms with E-state index in [0.29, 0.717) is 0 Å². The second-order valence-corrected chi connectivity index (χ2v) is 20.6. The summed E-state index contributed by atoms with van der Waals surface area (Å²) in [6.45, 7) is 22.8. The molecule has 0 saturated heterocycles. The van der Waals surface area contributed by atoms with Crippen LogP contribution < -0.4 is 0 Å². The predicted molar refractivity (Wildman–Crippen MR) is 264 cm³/mol. The lowest BCUT2D eigenvalue weighted by atomic mass is 9.68. The molecule has 0 nitrogen and oxygen atoms in total. The Bertz CT molecular complexity index is 2920. The molecule has 0 heterocycles. The largest absolute Gasteiger partial charge is 0.0839 e. The molecule has 5 aliphatic carbocycles. The molecule has 0 amide bonds. The van der Waals surface area contributed by atoms with E-state index in [0.717, 1.165) is 12.8 Å².